The average Bonchev–Trinajstić information content (AvgIpc) is 3.01. The van der Waals surface area contributed by atoms with Gasteiger partial charge in [0.2, 0.25) is 5.95 Å². The summed E-state index contributed by atoms with van der Waals surface area (Å²) in [5.74, 6) is 0.579. The number of rotatable bonds is 5. The molecule has 118 valence electrons. The molecule has 0 aliphatic heterocycles. The van der Waals surface area contributed by atoms with Crippen LogP contribution in [0, 0.1) is 13.8 Å². The van der Waals surface area contributed by atoms with E-state index in [0.717, 1.165) is 39.1 Å². The Morgan fingerprint density at radius 3 is 2.61 bits per heavy atom. The fourth-order valence-electron chi connectivity index (χ4n) is 2.21. The van der Waals surface area contributed by atoms with Gasteiger partial charge in [-0.1, -0.05) is 18.3 Å². The minimum absolute atomic E-state index is 0.576. The maximum atomic E-state index is 4.57. The van der Waals surface area contributed by atoms with E-state index in [9.17, 15) is 0 Å². The Balaban J connectivity index is 1.76. The van der Waals surface area contributed by atoms with Gasteiger partial charge in [-0.3, -0.25) is 4.98 Å². The molecule has 3 aromatic heterocycles. The molecule has 3 aromatic rings. The molecule has 3 heterocycles. The zero-order valence-electron chi connectivity index (χ0n) is 13.4. The highest BCUT2D eigenvalue weighted by Crippen LogP contribution is 2.21. The van der Waals surface area contributed by atoms with Gasteiger partial charge in [0, 0.05) is 23.1 Å². The highest BCUT2D eigenvalue weighted by atomic mass is 32.1. The molecule has 0 amide bonds. The maximum absolute atomic E-state index is 4.57. The van der Waals surface area contributed by atoms with Crippen LogP contribution in [-0.4, -0.2) is 25.1 Å². The van der Waals surface area contributed by atoms with Crippen LogP contribution in [0.2, 0.25) is 0 Å². The number of aromatic nitrogens is 5. The van der Waals surface area contributed by atoms with E-state index in [1.54, 1.807) is 17.5 Å². The van der Waals surface area contributed by atoms with Gasteiger partial charge in [0.05, 0.1) is 12.2 Å². The second-order valence-electron chi connectivity index (χ2n) is 5.15. The van der Waals surface area contributed by atoms with E-state index in [1.165, 1.54) is 0 Å². The molecule has 1 N–H and O–H groups in total. The summed E-state index contributed by atoms with van der Waals surface area (Å²) < 4.78 is 0. The Morgan fingerprint density at radius 2 is 1.87 bits per heavy atom. The molecule has 7 heteroatoms. The first kappa shape index (κ1) is 15.5. The molecule has 0 fully saturated rings. The average molecular weight is 326 g/mol. The summed E-state index contributed by atoms with van der Waals surface area (Å²) in [6.45, 7) is 6.62. The first-order valence-corrected chi connectivity index (χ1v) is 8.30. The first-order valence-electron chi connectivity index (χ1n) is 7.48. The van der Waals surface area contributed by atoms with Crippen molar-refractivity contribution in [3.05, 3.63) is 45.8 Å². The molecule has 0 unspecified atom stereocenters. The van der Waals surface area contributed by atoms with Gasteiger partial charge in [-0.2, -0.15) is 0 Å². The van der Waals surface area contributed by atoms with Crippen molar-refractivity contribution in [2.75, 3.05) is 5.32 Å². The second-order valence-corrected chi connectivity index (χ2v) is 6.29. The van der Waals surface area contributed by atoms with Crippen LogP contribution in [0.4, 0.5) is 5.95 Å². The van der Waals surface area contributed by atoms with Crippen LogP contribution in [0.25, 0.3) is 11.3 Å². The van der Waals surface area contributed by atoms with Gasteiger partial charge >= 0.3 is 0 Å². The fourth-order valence-corrected chi connectivity index (χ4v) is 2.93. The number of hydrogen-bond acceptors (Lipinski definition) is 7. The van der Waals surface area contributed by atoms with Crippen molar-refractivity contribution in [1.29, 1.82) is 0 Å². The monoisotopic (exact) mass is 326 g/mol. The van der Waals surface area contributed by atoms with Gasteiger partial charge in [0.1, 0.15) is 10.0 Å². The predicted molar refractivity (Wildman–Crippen MR) is 91.4 cm³/mol. The lowest BCUT2D eigenvalue weighted by Crippen LogP contribution is -2.04. The summed E-state index contributed by atoms with van der Waals surface area (Å²) in [5.41, 5.74) is 3.84. The van der Waals surface area contributed by atoms with Crippen LogP contribution in [-0.2, 0) is 13.0 Å². The number of hydrogen-bond donors (Lipinski definition) is 1. The molecule has 0 aliphatic rings. The van der Waals surface area contributed by atoms with Crippen molar-refractivity contribution in [3.8, 4) is 11.3 Å². The quantitative estimate of drug-likeness (QED) is 0.776. The summed E-state index contributed by atoms with van der Waals surface area (Å²) in [6.07, 6.45) is 2.66. The highest BCUT2D eigenvalue weighted by Gasteiger charge is 2.08. The summed E-state index contributed by atoms with van der Waals surface area (Å²) in [6, 6.07) is 5.93. The van der Waals surface area contributed by atoms with Gasteiger partial charge in [-0.15, -0.1) is 10.2 Å². The van der Waals surface area contributed by atoms with Gasteiger partial charge in [-0.05, 0) is 38.5 Å². The lowest BCUT2D eigenvalue weighted by Gasteiger charge is -2.07. The molecule has 0 bridgehead atoms. The molecule has 23 heavy (non-hydrogen) atoms. The van der Waals surface area contributed by atoms with Crippen molar-refractivity contribution >= 4 is 17.3 Å². The zero-order chi connectivity index (χ0) is 16.2. The molecular formula is C16H18N6S. The Kier molecular flexibility index (Phi) is 4.57. The molecule has 6 nitrogen and oxygen atoms in total. The third-order valence-corrected chi connectivity index (χ3v) is 4.43. The summed E-state index contributed by atoms with van der Waals surface area (Å²) in [7, 11) is 0. The second kappa shape index (κ2) is 6.78. The van der Waals surface area contributed by atoms with Crippen molar-refractivity contribution in [2.24, 2.45) is 0 Å². The Bertz CT molecular complexity index is 814. The Morgan fingerprint density at radius 1 is 1.04 bits per heavy atom. The normalized spacial score (nSPS) is 10.7. The van der Waals surface area contributed by atoms with Crippen LogP contribution in [0.15, 0.2) is 24.4 Å². The topological polar surface area (TPSA) is 76.5 Å². The van der Waals surface area contributed by atoms with Gasteiger partial charge in [-0.25, -0.2) is 9.97 Å². The van der Waals surface area contributed by atoms with E-state index < -0.39 is 0 Å². The van der Waals surface area contributed by atoms with Crippen LogP contribution >= 0.6 is 11.3 Å². The van der Waals surface area contributed by atoms with Crippen molar-refractivity contribution in [3.63, 3.8) is 0 Å². The smallest absolute Gasteiger partial charge is 0.223 e. The zero-order valence-corrected chi connectivity index (χ0v) is 14.2. The summed E-state index contributed by atoms with van der Waals surface area (Å²) >= 11 is 1.61. The summed E-state index contributed by atoms with van der Waals surface area (Å²) in [4.78, 5) is 13.3. The standard InChI is InChI=1S/C16H18N6S/c1-4-14-21-22-15(23-14)9-18-16-17-8-7-13(20-16)12-6-5-10(2)19-11(12)3/h5-8H,4,9H2,1-3H3,(H,17,18,20). The molecule has 0 radical (unpaired) electrons. The fraction of sp³-hybridized carbons (Fsp3) is 0.312. The molecular weight excluding hydrogens is 308 g/mol. The number of anilines is 1. The molecule has 3 rings (SSSR count). The Labute approximate surface area is 139 Å². The molecule has 0 atom stereocenters. The third-order valence-electron chi connectivity index (χ3n) is 3.37. The number of nitrogens with one attached hydrogen (secondary N) is 1. The third kappa shape index (κ3) is 3.68. The van der Waals surface area contributed by atoms with E-state index in [1.807, 2.05) is 32.0 Å². The first-order chi connectivity index (χ1) is 11.2. The van der Waals surface area contributed by atoms with Gasteiger partial charge in [0.25, 0.3) is 0 Å². The van der Waals surface area contributed by atoms with E-state index in [2.05, 4.69) is 37.4 Å². The predicted octanol–water partition coefficient (Wildman–Crippen LogP) is 3.18. The minimum Gasteiger partial charge on any atom is -0.348 e. The summed E-state index contributed by atoms with van der Waals surface area (Å²) in [5, 5.41) is 13.4. The molecule has 0 saturated carbocycles. The minimum atomic E-state index is 0.576. The van der Waals surface area contributed by atoms with E-state index in [0.29, 0.717) is 12.5 Å². The van der Waals surface area contributed by atoms with E-state index >= 15 is 0 Å². The number of pyridine rings is 1. The van der Waals surface area contributed by atoms with Crippen molar-refractivity contribution in [2.45, 2.75) is 33.7 Å². The van der Waals surface area contributed by atoms with Crippen molar-refractivity contribution in [1.82, 2.24) is 25.1 Å². The molecule has 0 aliphatic carbocycles. The van der Waals surface area contributed by atoms with Gasteiger partial charge in [0.15, 0.2) is 0 Å². The van der Waals surface area contributed by atoms with E-state index in [4.69, 9.17) is 0 Å². The van der Waals surface area contributed by atoms with Crippen LogP contribution < -0.4 is 5.32 Å². The lowest BCUT2D eigenvalue weighted by atomic mass is 10.1. The lowest BCUT2D eigenvalue weighted by molar-refractivity contribution is 0.932. The highest BCUT2D eigenvalue weighted by molar-refractivity contribution is 7.11. The van der Waals surface area contributed by atoms with Crippen LogP contribution in [0.5, 0.6) is 0 Å². The van der Waals surface area contributed by atoms with E-state index in [-0.39, 0.29) is 0 Å². The van der Waals surface area contributed by atoms with Gasteiger partial charge < -0.3 is 5.32 Å². The van der Waals surface area contributed by atoms with Crippen LogP contribution in [0.3, 0.4) is 0 Å². The SMILES string of the molecule is CCc1nnc(CNc2nccc(-c3ccc(C)nc3C)n2)s1. The van der Waals surface area contributed by atoms with Crippen molar-refractivity contribution < 1.29 is 0 Å². The Hall–Kier alpha value is -2.41. The maximum Gasteiger partial charge on any atom is 0.223 e. The molecule has 0 saturated heterocycles. The molecule has 0 spiro atoms. The number of nitrogens with zero attached hydrogens (tertiary/aromatic N) is 5. The molecule has 0 aromatic carbocycles. The van der Waals surface area contributed by atoms with Crippen LogP contribution in [0.1, 0.15) is 28.3 Å². The largest absolute Gasteiger partial charge is 0.348 e. The number of aryl methyl sites for hydroxylation is 3.